The Morgan fingerprint density at radius 1 is 1.36 bits per heavy atom. The second-order valence-electron chi connectivity index (χ2n) is 4.84. The van der Waals surface area contributed by atoms with Gasteiger partial charge in [-0.1, -0.05) is 0 Å². The third-order valence-corrected chi connectivity index (χ3v) is 5.29. The normalized spacial score (nSPS) is 16.4. The highest BCUT2D eigenvalue weighted by molar-refractivity contribution is 7.93. The van der Waals surface area contributed by atoms with E-state index in [4.69, 9.17) is 9.47 Å². The van der Waals surface area contributed by atoms with Gasteiger partial charge in [0.05, 0.1) is 36.9 Å². The lowest BCUT2D eigenvalue weighted by molar-refractivity contribution is 0.0601. The van der Waals surface area contributed by atoms with Crippen LogP contribution in [0.25, 0.3) is 0 Å². The first-order chi connectivity index (χ1) is 10.4. The predicted octanol–water partition coefficient (Wildman–Crippen LogP) is 1.45. The third kappa shape index (κ3) is 2.96. The van der Waals surface area contributed by atoms with Gasteiger partial charge >= 0.3 is 5.97 Å². The molecule has 1 aliphatic heterocycles. The molecule has 22 heavy (non-hydrogen) atoms. The van der Waals surface area contributed by atoms with E-state index < -0.39 is 16.0 Å². The molecule has 8 heteroatoms. The van der Waals surface area contributed by atoms with E-state index in [1.807, 2.05) is 6.92 Å². The summed E-state index contributed by atoms with van der Waals surface area (Å²) in [6.07, 6.45) is 0.546. The minimum atomic E-state index is -3.38. The molecule has 0 aliphatic carbocycles. The lowest BCUT2D eigenvalue weighted by atomic mass is 10.1. The number of carbonyl (C=O) groups is 1. The molecule has 1 aliphatic rings. The van der Waals surface area contributed by atoms with Crippen LogP contribution >= 0.6 is 0 Å². The summed E-state index contributed by atoms with van der Waals surface area (Å²) in [5.74, 6) is -0.0329. The van der Waals surface area contributed by atoms with Crippen LogP contribution in [0, 0.1) is 0 Å². The maximum atomic E-state index is 12.2. The van der Waals surface area contributed by atoms with Crippen molar-refractivity contribution in [2.24, 2.45) is 0 Å². The molecule has 2 rings (SSSR count). The van der Waals surface area contributed by atoms with Crippen LogP contribution in [0.1, 0.15) is 23.7 Å². The van der Waals surface area contributed by atoms with Crippen molar-refractivity contribution in [1.29, 1.82) is 0 Å². The summed E-state index contributed by atoms with van der Waals surface area (Å²) in [5, 5.41) is 3.08. The van der Waals surface area contributed by atoms with E-state index in [1.54, 1.807) is 6.07 Å². The van der Waals surface area contributed by atoms with Gasteiger partial charge in [-0.25, -0.2) is 13.2 Å². The fourth-order valence-corrected chi connectivity index (χ4v) is 4.04. The SMILES string of the molecule is CCNc1cc(C(=O)OC)cc(N2CCCS2(=O)=O)c1OC. The Morgan fingerprint density at radius 2 is 2.09 bits per heavy atom. The molecular weight excluding hydrogens is 308 g/mol. The molecule has 1 N–H and O–H groups in total. The fraction of sp³-hybridized carbons (Fsp3) is 0.500. The number of hydrogen-bond donors (Lipinski definition) is 1. The fourth-order valence-electron chi connectivity index (χ4n) is 2.48. The van der Waals surface area contributed by atoms with Crippen LogP contribution in [0.4, 0.5) is 11.4 Å². The number of rotatable bonds is 5. The van der Waals surface area contributed by atoms with Gasteiger partial charge in [-0.2, -0.15) is 0 Å². The average molecular weight is 328 g/mol. The molecule has 1 aromatic carbocycles. The summed E-state index contributed by atoms with van der Waals surface area (Å²) in [7, 11) is -0.624. The van der Waals surface area contributed by atoms with Gasteiger partial charge in [0.15, 0.2) is 5.75 Å². The zero-order valence-corrected chi connectivity index (χ0v) is 13.7. The number of methoxy groups -OCH3 is 2. The van der Waals surface area contributed by atoms with Gasteiger partial charge in [0.1, 0.15) is 0 Å². The van der Waals surface area contributed by atoms with E-state index in [2.05, 4.69) is 5.32 Å². The molecule has 0 spiro atoms. The minimum absolute atomic E-state index is 0.0924. The largest absolute Gasteiger partial charge is 0.492 e. The van der Waals surface area contributed by atoms with Crippen LogP contribution in [-0.2, 0) is 14.8 Å². The Balaban J connectivity index is 2.63. The zero-order valence-electron chi connectivity index (χ0n) is 12.9. The van der Waals surface area contributed by atoms with Gasteiger partial charge in [0.2, 0.25) is 10.0 Å². The molecule has 0 atom stereocenters. The number of ether oxygens (including phenoxy) is 2. The highest BCUT2D eigenvalue weighted by atomic mass is 32.2. The van der Waals surface area contributed by atoms with Crippen molar-refractivity contribution in [3.63, 3.8) is 0 Å². The van der Waals surface area contributed by atoms with Gasteiger partial charge in [-0.3, -0.25) is 4.31 Å². The van der Waals surface area contributed by atoms with Crippen molar-refractivity contribution >= 4 is 27.4 Å². The maximum absolute atomic E-state index is 12.2. The van der Waals surface area contributed by atoms with Gasteiger partial charge < -0.3 is 14.8 Å². The van der Waals surface area contributed by atoms with Crippen LogP contribution in [0.5, 0.6) is 5.75 Å². The van der Waals surface area contributed by atoms with E-state index in [0.29, 0.717) is 36.6 Å². The molecule has 0 amide bonds. The van der Waals surface area contributed by atoms with Gasteiger partial charge in [-0.15, -0.1) is 0 Å². The lowest BCUT2D eigenvalue weighted by Gasteiger charge is -2.23. The van der Waals surface area contributed by atoms with Gasteiger partial charge in [0, 0.05) is 13.1 Å². The van der Waals surface area contributed by atoms with Crippen LogP contribution < -0.4 is 14.4 Å². The Bertz CT molecular complexity index is 672. The van der Waals surface area contributed by atoms with Crippen molar-refractivity contribution in [2.45, 2.75) is 13.3 Å². The van der Waals surface area contributed by atoms with E-state index in [1.165, 1.54) is 24.6 Å². The molecule has 0 aromatic heterocycles. The Hall–Kier alpha value is -1.96. The number of carbonyl (C=O) groups excluding carboxylic acids is 1. The molecule has 122 valence electrons. The highest BCUT2D eigenvalue weighted by Crippen LogP contribution is 2.40. The standard InChI is InChI=1S/C14H20N2O5S/c1-4-15-11-8-10(14(17)21-3)9-12(13(11)20-2)16-6-5-7-22(16,18)19/h8-9,15H,4-7H2,1-3H3. The van der Waals surface area contributed by atoms with E-state index >= 15 is 0 Å². The van der Waals surface area contributed by atoms with Crippen LogP contribution in [0.3, 0.4) is 0 Å². The van der Waals surface area contributed by atoms with E-state index in [0.717, 1.165) is 0 Å². The predicted molar refractivity (Wildman–Crippen MR) is 84.2 cm³/mol. The number of hydrogen-bond acceptors (Lipinski definition) is 6. The van der Waals surface area contributed by atoms with Crippen molar-refractivity contribution in [2.75, 3.05) is 42.7 Å². The quantitative estimate of drug-likeness (QED) is 0.824. The topological polar surface area (TPSA) is 84.9 Å². The second kappa shape index (κ2) is 6.43. The molecule has 1 aromatic rings. The van der Waals surface area contributed by atoms with Gasteiger partial charge in [0.25, 0.3) is 0 Å². The number of benzene rings is 1. The highest BCUT2D eigenvalue weighted by Gasteiger charge is 2.32. The molecule has 7 nitrogen and oxygen atoms in total. The molecule has 0 saturated carbocycles. The summed E-state index contributed by atoms with van der Waals surface area (Å²) >= 11 is 0. The number of nitrogens with one attached hydrogen (secondary N) is 1. The second-order valence-corrected chi connectivity index (χ2v) is 6.85. The number of anilines is 2. The maximum Gasteiger partial charge on any atom is 0.338 e. The van der Waals surface area contributed by atoms with Crippen LogP contribution in [0.2, 0.25) is 0 Å². The summed E-state index contributed by atoms with van der Waals surface area (Å²) in [4.78, 5) is 11.8. The summed E-state index contributed by atoms with van der Waals surface area (Å²) in [6.45, 7) is 2.87. The average Bonchev–Trinajstić information content (AvgIpc) is 2.85. The monoisotopic (exact) mass is 328 g/mol. The zero-order chi connectivity index (χ0) is 16.3. The van der Waals surface area contributed by atoms with Crippen molar-refractivity contribution < 1.29 is 22.7 Å². The molecule has 0 unspecified atom stereocenters. The number of esters is 1. The first-order valence-electron chi connectivity index (χ1n) is 6.99. The third-order valence-electron chi connectivity index (χ3n) is 3.43. The van der Waals surface area contributed by atoms with Gasteiger partial charge in [-0.05, 0) is 25.5 Å². The Morgan fingerprint density at radius 3 is 2.59 bits per heavy atom. The molecule has 0 radical (unpaired) electrons. The van der Waals surface area contributed by atoms with E-state index in [9.17, 15) is 13.2 Å². The van der Waals surface area contributed by atoms with E-state index in [-0.39, 0.29) is 11.3 Å². The lowest BCUT2D eigenvalue weighted by Crippen LogP contribution is -2.26. The molecule has 1 heterocycles. The smallest absolute Gasteiger partial charge is 0.338 e. The Labute approximate surface area is 130 Å². The number of nitrogens with zero attached hydrogens (tertiary/aromatic N) is 1. The van der Waals surface area contributed by atoms with Crippen LogP contribution in [0.15, 0.2) is 12.1 Å². The van der Waals surface area contributed by atoms with Crippen molar-refractivity contribution in [3.8, 4) is 5.75 Å². The molecule has 1 saturated heterocycles. The summed E-state index contributed by atoms with van der Waals surface area (Å²) < 4.78 is 35.8. The summed E-state index contributed by atoms with van der Waals surface area (Å²) in [6, 6.07) is 3.09. The Kier molecular flexibility index (Phi) is 4.80. The van der Waals surface area contributed by atoms with Crippen LogP contribution in [-0.4, -0.2) is 47.4 Å². The first-order valence-corrected chi connectivity index (χ1v) is 8.60. The first kappa shape index (κ1) is 16.4. The molecule has 0 bridgehead atoms. The molecule has 1 fully saturated rings. The van der Waals surface area contributed by atoms with Crippen molar-refractivity contribution in [3.05, 3.63) is 17.7 Å². The number of sulfonamides is 1. The minimum Gasteiger partial charge on any atom is -0.492 e. The summed E-state index contributed by atoms with van der Waals surface area (Å²) in [5.41, 5.74) is 1.19. The molecular formula is C14H20N2O5S. The van der Waals surface area contributed by atoms with Crippen molar-refractivity contribution in [1.82, 2.24) is 0 Å².